The molecular weight excluding hydrogens is 576 g/mol. The van der Waals surface area contributed by atoms with Gasteiger partial charge in [0.2, 0.25) is 0 Å². The monoisotopic (exact) mass is 611 g/mol. The van der Waals surface area contributed by atoms with Gasteiger partial charge in [0.25, 0.3) is 0 Å². The number of piperazine rings is 1. The number of hydrogen-bond donors (Lipinski definition) is 0. The van der Waals surface area contributed by atoms with E-state index in [0.29, 0.717) is 56.8 Å². The van der Waals surface area contributed by atoms with E-state index in [4.69, 9.17) is 9.72 Å². The summed E-state index contributed by atoms with van der Waals surface area (Å²) >= 11 is 0. The molecule has 4 aromatic rings. The molecule has 0 N–H and O–H groups in total. The minimum atomic E-state index is -0.554. The first kappa shape index (κ1) is 30.2. The maximum absolute atomic E-state index is 14.1. The number of amides is 1. The van der Waals surface area contributed by atoms with Crippen LogP contribution in [0.3, 0.4) is 0 Å². The van der Waals surface area contributed by atoms with Gasteiger partial charge in [-0.15, -0.1) is 0 Å². The van der Waals surface area contributed by atoms with Gasteiger partial charge in [-0.1, -0.05) is 12.1 Å². The highest BCUT2D eigenvalue weighted by Gasteiger charge is 2.25. The van der Waals surface area contributed by atoms with Crippen molar-refractivity contribution in [2.24, 2.45) is 0 Å². The number of carbonyl (C=O) groups is 1. The number of aromatic nitrogens is 3. The fraction of sp³-hybridized carbons (Fsp3) is 0.353. The van der Waals surface area contributed by atoms with Gasteiger partial charge < -0.3 is 14.5 Å². The predicted molar refractivity (Wildman–Crippen MR) is 167 cm³/mol. The molecule has 5 heterocycles. The topological polar surface area (TPSA) is 90.0 Å². The van der Waals surface area contributed by atoms with E-state index in [1.807, 2.05) is 56.3 Å². The second kappa shape index (κ2) is 12.3. The van der Waals surface area contributed by atoms with Crippen molar-refractivity contribution in [1.82, 2.24) is 24.4 Å². The lowest BCUT2D eigenvalue weighted by Crippen LogP contribution is -2.46. The Kier molecular flexibility index (Phi) is 8.25. The van der Waals surface area contributed by atoms with Crippen molar-refractivity contribution in [2.45, 2.75) is 39.3 Å². The summed E-state index contributed by atoms with van der Waals surface area (Å²) in [5, 5.41) is 14.3. The summed E-state index contributed by atoms with van der Waals surface area (Å²) in [6.45, 7) is 9.44. The summed E-state index contributed by atoms with van der Waals surface area (Å²) < 4.78 is 35.5. The lowest BCUT2D eigenvalue weighted by atomic mass is 9.96. The van der Waals surface area contributed by atoms with Crippen LogP contribution in [0.25, 0.3) is 22.2 Å². The van der Waals surface area contributed by atoms with Gasteiger partial charge in [0.05, 0.1) is 17.3 Å². The fourth-order valence-corrected chi connectivity index (χ4v) is 5.80. The number of fused-ring (bicyclic) bond motifs is 1. The van der Waals surface area contributed by atoms with Crippen LogP contribution in [0, 0.1) is 23.0 Å². The summed E-state index contributed by atoms with van der Waals surface area (Å²) in [5.41, 5.74) is 4.46. The zero-order valence-electron chi connectivity index (χ0n) is 25.6. The number of halogens is 2. The average molecular weight is 612 g/mol. The summed E-state index contributed by atoms with van der Waals surface area (Å²) in [6.07, 6.45) is 7.66. The van der Waals surface area contributed by atoms with Gasteiger partial charge in [-0.2, -0.15) is 10.4 Å². The quantitative estimate of drug-likeness (QED) is 0.278. The number of pyridine rings is 2. The first-order chi connectivity index (χ1) is 21.6. The SMILES string of the molecule is CC(C)(C)OC(=O)N1CC=C(c2cc(-c3ccc(N4CCN(Cc5c(F)cccc5F)CC4)nc3)c3c(C#N)cnn3c2)CC1. The van der Waals surface area contributed by atoms with E-state index in [9.17, 15) is 18.8 Å². The Hall–Kier alpha value is -4.82. The first-order valence-electron chi connectivity index (χ1n) is 15.0. The molecule has 45 heavy (non-hydrogen) atoms. The summed E-state index contributed by atoms with van der Waals surface area (Å²) in [5.74, 6) is -0.227. The van der Waals surface area contributed by atoms with Crippen molar-refractivity contribution in [3.63, 3.8) is 0 Å². The highest BCUT2D eigenvalue weighted by atomic mass is 19.1. The van der Waals surface area contributed by atoms with E-state index in [0.717, 1.165) is 28.1 Å². The number of nitriles is 1. The molecule has 1 fully saturated rings. The Bertz CT molecular complexity index is 1780. The van der Waals surface area contributed by atoms with E-state index in [1.165, 1.54) is 18.2 Å². The summed E-state index contributed by atoms with van der Waals surface area (Å²) in [6, 6.07) is 12.2. The van der Waals surface area contributed by atoms with Gasteiger partial charge in [0, 0.05) is 74.9 Å². The molecule has 9 nitrogen and oxygen atoms in total. The molecule has 0 unspecified atom stereocenters. The maximum Gasteiger partial charge on any atom is 0.410 e. The number of anilines is 1. The highest BCUT2D eigenvalue weighted by molar-refractivity contribution is 5.87. The van der Waals surface area contributed by atoms with Gasteiger partial charge >= 0.3 is 6.09 Å². The predicted octanol–water partition coefficient (Wildman–Crippen LogP) is 5.89. The number of hydrogen-bond acceptors (Lipinski definition) is 7. The van der Waals surface area contributed by atoms with Gasteiger partial charge in [0.1, 0.15) is 29.1 Å². The molecule has 0 saturated carbocycles. The van der Waals surface area contributed by atoms with Crippen molar-refractivity contribution in [3.8, 4) is 17.2 Å². The number of rotatable bonds is 5. The number of nitrogens with zero attached hydrogens (tertiary/aromatic N) is 7. The van der Waals surface area contributed by atoms with Crippen molar-refractivity contribution >= 4 is 23.0 Å². The van der Waals surface area contributed by atoms with Crippen molar-refractivity contribution in [2.75, 3.05) is 44.2 Å². The molecule has 6 rings (SSSR count). The summed E-state index contributed by atoms with van der Waals surface area (Å²) in [4.78, 5) is 23.2. The van der Waals surface area contributed by atoms with Gasteiger partial charge in [0.15, 0.2) is 0 Å². The van der Waals surface area contributed by atoms with Crippen molar-refractivity contribution in [3.05, 3.63) is 89.4 Å². The Labute approximate surface area is 260 Å². The summed E-state index contributed by atoms with van der Waals surface area (Å²) in [7, 11) is 0. The van der Waals surface area contributed by atoms with E-state index >= 15 is 0 Å². The third-order valence-corrected chi connectivity index (χ3v) is 8.16. The Morgan fingerprint density at radius 2 is 1.78 bits per heavy atom. The molecule has 232 valence electrons. The molecule has 1 saturated heterocycles. The molecule has 0 bridgehead atoms. The van der Waals surface area contributed by atoms with Crippen molar-refractivity contribution < 1.29 is 18.3 Å². The van der Waals surface area contributed by atoms with Gasteiger partial charge in [-0.3, -0.25) is 4.90 Å². The lowest BCUT2D eigenvalue weighted by Gasteiger charge is -2.35. The van der Waals surface area contributed by atoms with Crippen LogP contribution in [0.15, 0.2) is 61.1 Å². The number of benzene rings is 1. The second-order valence-electron chi connectivity index (χ2n) is 12.4. The molecular formula is C34H35F2N7O2. The number of carbonyl (C=O) groups excluding carboxylic acids is 1. The standard InChI is InChI=1S/C34H35F2N7O2/c1-34(2,3)45-33(44)42-11-9-23(10-12-42)25-17-27(32-26(18-37)20-39-43(32)21-25)24-7-8-31(38-19-24)41-15-13-40(14-16-41)22-28-29(35)5-4-6-30(28)36/h4-9,17,19-21H,10-16,22H2,1-3H3. The van der Waals surface area contributed by atoms with Crippen LogP contribution in [-0.2, 0) is 11.3 Å². The number of ether oxygens (including phenoxy) is 1. The molecule has 1 aromatic carbocycles. The van der Waals surface area contributed by atoms with Crippen LogP contribution in [-0.4, -0.2) is 75.4 Å². The largest absolute Gasteiger partial charge is 0.444 e. The van der Waals surface area contributed by atoms with E-state index in [2.05, 4.69) is 22.1 Å². The van der Waals surface area contributed by atoms with Gasteiger partial charge in [-0.05, 0) is 68.7 Å². The molecule has 2 aliphatic heterocycles. The van der Waals surface area contributed by atoms with Crippen LogP contribution in [0.1, 0.15) is 43.9 Å². The molecule has 0 aliphatic carbocycles. The molecule has 0 spiro atoms. The third kappa shape index (κ3) is 6.51. The average Bonchev–Trinajstić information content (AvgIpc) is 3.45. The Morgan fingerprint density at radius 3 is 2.40 bits per heavy atom. The molecule has 11 heteroatoms. The highest BCUT2D eigenvalue weighted by Crippen LogP contribution is 2.33. The van der Waals surface area contributed by atoms with Crippen LogP contribution in [0.5, 0.6) is 0 Å². The Morgan fingerprint density at radius 1 is 1.02 bits per heavy atom. The van der Waals surface area contributed by atoms with Crippen LogP contribution in [0.4, 0.5) is 19.4 Å². The molecule has 1 amide bonds. The fourth-order valence-electron chi connectivity index (χ4n) is 5.80. The zero-order valence-corrected chi connectivity index (χ0v) is 25.6. The Balaban J connectivity index is 1.20. The lowest BCUT2D eigenvalue weighted by molar-refractivity contribution is 0.0270. The van der Waals surface area contributed by atoms with Crippen LogP contribution >= 0.6 is 0 Å². The van der Waals surface area contributed by atoms with Crippen LogP contribution in [0.2, 0.25) is 0 Å². The van der Waals surface area contributed by atoms with Gasteiger partial charge in [-0.25, -0.2) is 23.1 Å². The molecule has 2 aliphatic rings. The molecule has 0 atom stereocenters. The zero-order chi connectivity index (χ0) is 31.7. The minimum Gasteiger partial charge on any atom is -0.444 e. The van der Waals surface area contributed by atoms with E-state index < -0.39 is 17.2 Å². The normalized spacial score (nSPS) is 16.0. The van der Waals surface area contributed by atoms with E-state index in [1.54, 1.807) is 15.6 Å². The minimum absolute atomic E-state index is 0.0999. The van der Waals surface area contributed by atoms with Crippen molar-refractivity contribution in [1.29, 1.82) is 5.26 Å². The maximum atomic E-state index is 14.1. The van der Waals surface area contributed by atoms with Crippen LogP contribution < -0.4 is 4.90 Å². The second-order valence-corrected chi connectivity index (χ2v) is 12.4. The first-order valence-corrected chi connectivity index (χ1v) is 15.0. The van der Waals surface area contributed by atoms with E-state index in [-0.39, 0.29) is 18.2 Å². The molecule has 0 radical (unpaired) electrons. The molecule has 3 aromatic heterocycles. The smallest absolute Gasteiger partial charge is 0.410 e. The third-order valence-electron chi connectivity index (χ3n) is 8.16.